The Hall–Kier alpha value is -1.63. The molecule has 23 heavy (non-hydrogen) atoms. The van der Waals surface area contributed by atoms with Gasteiger partial charge in [-0.2, -0.15) is 10.2 Å². The second-order valence-electron chi connectivity index (χ2n) is 6.57. The molecule has 1 unspecified atom stereocenters. The smallest absolute Gasteiger partial charge is 0.275 e. The lowest BCUT2D eigenvalue weighted by Crippen LogP contribution is -2.33. The molecule has 0 saturated heterocycles. The van der Waals surface area contributed by atoms with Crippen molar-refractivity contribution in [1.29, 1.82) is 0 Å². The molecular weight excluding hydrogens is 358 g/mol. The van der Waals surface area contributed by atoms with Gasteiger partial charge in [0.05, 0.1) is 22.4 Å². The van der Waals surface area contributed by atoms with Gasteiger partial charge < -0.3 is 4.90 Å². The number of aromatic nitrogens is 4. The summed E-state index contributed by atoms with van der Waals surface area (Å²) in [5.41, 5.74) is 3.96. The molecule has 2 aliphatic carbocycles. The molecule has 0 spiro atoms. The largest absolute Gasteiger partial charge is 0.333 e. The van der Waals surface area contributed by atoms with Crippen molar-refractivity contribution in [3.63, 3.8) is 0 Å². The molecule has 6 nitrogen and oxygen atoms in total. The maximum atomic E-state index is 12.9. The molecule has 0 radical (unpaired) electrons. The third-order valence-electron chi connectivity index (χ3n) is 5.05. The topological polar surface area (TPSA) is 66.8 Å². The van der Waals surface area contributed by atoms with Crippen LogP contribution >= 0.6 is 15.9 Å². The number of rotatable bonds is 3. The summed E-state index contributed by atoms with van der Waals surface area (Å²) in [5, 5.41) is 11.7. The fourth-order valence-electron chi connectivity index (χ4n) is 3.52. The summed E-state index contributed by atoms with van der Waals surface area (Å²) < 4.78 is 2.76. The van der Waals surface area contributed by atoms with Crippen molar-refractivity contribution in [1.82, 2.24) is 24.9 Å². The lowest BCUT2D eigenvalue weighted by molar-refractivity contribution is 0.0707. The average molecular weight is 378 g/mol. The number of H-pyrrole nitrogens is 1. The number of amides is 1. The minimum Gasteiger partial charge on any atom is -0.333 e. The lowest BCUT2D eigenvalue weighted by Gasteiger charge is -2.31. The van der Waals surface area contributed by atoms with E-state index in [-0.39, 0.29) is 11.9 Å². The van der Waals surface area contributed by atoms with E-state index in [2.05, 4.69) is 31.2 Å². The molecule has 0 aliphatic heterocycles. The molecule has 2 aromatic rings. The number of nitrogens with zero attached hydrogens (tertiary/aromatic N) is 4. The number of hydrogen-bond acceptors (Lipinski definition) is 3. The van der Waals surface area contributed by atoms with Crippen molar-refractivity contribution in [2.45, 2.75) is 44.1 Å². The molecule has 0 aromatic carbocycles. The van der Waals surface area contributed by atoms with Gasteiger partial charge in [-0.1, -0.05) is 0 Å². The van der Waals surface area contributed by atoms with Gasteiger partial charge in [0.15, 0.2) is 5.69 Å². The number of fused-ring (bicyclic) bond motifs is 1. The van der Waals surface area contributed by atoms with E-state index in [0.717, 1.165) is 29.4 Å². The van der Waals surface area contributed by atoms with E-state index in [4.69, 9.17) is 0 Å². The maximum absolute atomic E-state index is 12.9. The molecule has 1 saturated carbocycles. The zero-order chi connectivity index (χ0) is 16.1. The predicted molar refractivity (Wildman–Crippen MR) is 89.2 cm³/mol. The fraction of sp³-hybridized carbons (Fsp3) is 0.562. The summed E-state index contributed by atoms with van der Waals surface area (Å²) >= 11 is 3.56. The van der Waals surface area contributed by atoms with Gasteiger partial charge >= 0.3 is 0 Å². The molecule has 1 amide bonds. The number of hydrogen-bond donors (Lipinski definition) is 1. The van der Waals surface area contributed by atoms with Crippen LogP contribution in [-0.4, -0.2) is 37.8 Å². The summed E-state index contributed by atoms with van der Waals surface area (Å²) in [6.45, 7) is 0. The van der Waals surface area contributed by atoms with E-state index in [1.54, 1.807) is 0 Å². The van der Waals surface area contributed by atoms with Crippen molar-refractivity contribution in [3.8, 4) is 0 Å². The Balaban J connectivity index is 1.62. The molecule has 2 aliphatic rings. The second-order valence-corrected chi connectivity index (χ2v) is 7.36. The van der Waals surface area contributed by atoms with Gasteiger partial charge in [0, 0.05) is 31.3 Å². The van der Waals surface area contributed by atoms with Crippen molar-refractivity contribution >= 4 is 21.8 Å². The minimum absolute atomic E-state index is 0.0401. The first-order valence-corrected chi connectivity index (χ1v) is 8.89. The van der Waals surface area contributed by atoms with E-state index >= 15 is 0 Å². The van der Waals surface area contributed by atoms with Crippen LogP contribution in [0, 0.1) is 0 Å². The normalized spacial score (nSPS) is 20.4. The maximum Gasteiger partial charge on any atom is 0.275 e. The highest BCUT2D eigenvalue weighted by atomic mass is 79.9. The lowest BCUT2D eigenvalue weighted by atomic mass is 9.92. The summed E-state index contributed by atoms with van der Waals surface area (Å²) in [5.74, 6) is 0.491. The number of aryl methyl sites for hydroxylation is 1. The van der Waals surface area contributed by atoms with Gasteiger partial charge in [0.1, 0.15) is 0 Å². The van der Waals surface area contributed by atoms with Gasteiger partial charge in [0.25, 0.3) is 5.91 Å². The molecule has 2 heterocycles. The van der Waals surface area contributed by atoms with E-state index in [0.29, 0.717) is 11.6 Å². The zero-order valence-electron chi connectivity index (χ0n) is 13.3. The van der Waals surface area contributed by atoms with Gasteiger partial charge in [-0.05, 0) is 48.0 Å². The number of carbonyl (C=O) groups excluding carboxylic acids is 1. The molecule has 7 heteroatoms. The van der Waals surface area contributed by atoms with E-state index in [1.807, 2.05) is 29.9 Å². The van der Waals surface area contributed by atoms with Crippen LogP contribution in [0.2, 0.25) is 0 Å². The number of aromatic amines is 1. The fourth-order valence-corrected chi connectivity index (χ4v) is 4.19. The quantitative estimate of drug-likeness (QED) is 0.893. The van der Waals surface area contributed by atoms with Crippen molar-refractivity contribution < 1.29 is 4.79 Å². The van der Waals surface area contributed by atoms with Crippen LogP contribution in [0.5, 0.6) is 0 Å². The monoisotopic (exact) mass is 377 g/mol. The first-order valence-electron chi connectivity index (χ1n) is 8.09. The first kappa shape index (κ1) is 14.9. The van der Waals surface area contributed by atoms with Crippen LogP contribution in [0.15, 0.2) is 10.7 Å². The van der Waals surface area contributed by atoms with E-state index in [1.165, 1.54) is 24.1 Å². The van der Waals surface area contributed by atoms with Crippen LogP contribution in [0.3, 0.4) is 0 Å². The Labute approximate surface area is 143 Å². The van der Waals surface area contributed by atoms with Crippen LogP contribution < -0.4 is 0 Å². The molecule has 0 bridgehead atoms. The Morgan fingerprint density at radius 3 is 2.96 bits per heavy atom. The SMILES string of the molecule is CN(C(=O)c1n[nH]c(C2CC2)c1Br)C1CCCc2c1cnn2C. The summed E-state index contributed by atoms with van der Waals surface area (Å²) in [6, 6.07) is 0.0768. The van der Waals surface area contributed by atoms with Crippen molar-refractivity contribution in [2.24, 2.45) is 7.05 Å². The Kier molecular flexibility index (Phi) is 3.55. The standard InChI is InChI=1S/C16H20BrN5O/c1-21(11-4-3-5-12-10(11)8-18-22(12)2)16(23)15-13(17)14(19-20-15)9-6-7-9/h8-9,11H,3-7H2,1-2H3,(H,19,20). The average Bonchev–Trinajstić information content (AvgIpc) is 3.23. The predicted octanol–water partition coefficient (Wildman–Crippen LogP) is 2.93. The van der Waals surface area contributed by atoms with Gasteiger partial charge in [0.2, 0.25) is 0 Å². The third-order valence-corrected chi connectivity index (χ3v) is 5.86. The molecule has 1 fully saturated rings. The van der Waals surface area contributed by atoms with Gasteiger partial charge in [-0.3, -0.25) is 14.6 Å². The Morgan fingerprint density at radius 2 is 2.22 bits per heavy atom. The van der Waals surface area contributed by atoms with Crippen molar-refractivity contribution in [2.75, 3.05) is 7.05 Å². The molecule has 1 atom stereocenters. The van der Waals surface area contributed by atoms with Gasteiger partial charge in [-0.15, -0.1) is 0 Å². The van der Waals surface area contributed by atoms with Crippen LogP contribution in [-0.2, 0) is 13.5 Å². The van der Waals surface area contributed by atoms with Crippen LogP contribution in [0.25, 0.3) is 0 Å². The number of halogens is 1. The highest BCUT2D eigenvalue weighted by Crippen LogP contribution is 2.43. The number of carbonyl (C=O) groups is 1. The van der Waals surface area contributed by atoms with E-state index < -0.39 is 0 Å². The summed E-state index contributed by atoms with van der Waals surface area (Å²) in [4.78, 5) is 14.7. The molecule has 1 N–H and O–H groups in total. The molecule has 122 valence electrons. The number of nitrogens with one attached hydrogen (secondary N) is 1. The first-order chi connectivity index (χ1) is 11.1. The minimum atomic E-state index is -0.0401. The van der Waals surface area contributed by atoms with Crippen molar-refractivity contribution in [3.05, 3.63) is 33.3 Å². The second kappa shape index (κ2) is 5.47. The molecule has 4 rings (SSSR count). The zero-order valence-corrected chi connectivity index (χ0v) is 14.9. The third kappa shape index (κ3) is 2.41. The van der Waals surface area contributed by atoms with Crippen LogP contribution in [0.1, 0.15) is 65.1 Å². The van der Waals surface area contributed by atoms with Gasteiger partial charge in [-0.25, -0.2) is 0 Å². The van der Waals surface area contributed by atoms with Crippen LogP contribution in [0.4, 0.5) is 0 Å². The summed E-state index contributed by atoms with van der Waals surface area (Å²) in [6.07, 6.45) is 7.32. The summed E-state index contributed by atoms with van der Waals surface area (Å²) in [7, 11) is 3.84. The molecular formula is C16H20BrN5O. The molecule has 2 aromatic heterocycles. The highest BCUT2D eigenvalue weighted by Gasteiger charge is 2.34. The Bertz CT molecular complexity index is 761. The highest BCUT2D eigenvalue weighted by molar-refractivity contribution is 9.10. The van der Waals surface area contributed by atoms with E-state index in [9.17, 15) is 4.79 Å². The Morgan fingerprint density at radius 1 is 1.43 bits per heavy atom.